The lowest BCUT2D eigenvalue weighted by Crippen LogP contribution is -2.05. The second-order valence-electron chi connectivity index (χ2n) is 4.26. The van der Waals surface area contributed by atoms with Crippen LogP contribution in [0.1, 0.15) is 45.4 Å². The number of ether oxygens (including phenoxy) is 2. The molecule has 1 aliphatic rings. The van der Waals surface area contributed by atoms with E-state index in [0.717, 1.165) is 24.0 Å². The average Bonchev–Trinajstić information content (AvgIpc) is 2.62. The van der Waals surface area contributed by atoms with Crippen molar-refractivity contribution in [2.45, 2.75) is 45.4 Å². The van der Waals surface area contributed by atoms with E-state index < -0.39 is 0 Å². The van der Waals surface area contributed by atoms with Gasteiger partial charge >= 0.3 is 5.97 Å². The van der Waals surface area contributed by atoms with Crippen molar-refractivity contribution in [3.05, 3.63) is 11.1 Å². The normalized spacial score (nSPS) is 15.8. The number of unbranched alkanes of at least 4 members (excludes halogenated alkanes) is 4. The standard InChI is InChI=1S/C13H22O3/c1-3-4-5-6-7-8-11-9-16-13(14)12(11)10-15-2/h3-10H2,1-2H3. The molecular weight excluding hydrogens is 204 g/mol. The molecule has 0 radical (unpaired) electrons. The lowest BCUT2D eigenvalue weighted by molar-refractivity contribution is -0.136. The molecule has 3 heteroatoms. The Balaban J connectivity index is 2.30. The van der Waals surface area contributed by atoms with Crippen molar-refractivity contribution in [2.75, 3.05) is 20.3 Å². The van der Waals surface area contributed by atoms with E-state index in [0.29, 0.717) is 13.2 Å². The van der Waals surface area contributed by atoms with Crippen LogP contribution in [0.2, 0.25) is 0 Å². The first kappa shape index (κ1) is 13.2. The summed E-state index contributed by atoms with van der Waals surface area (Å²) < 4.78 is 10.0. The molecule has 0 fully saturated rings. The SMILES string of the molecule is CCCCCCCC1=C(COC)C(=O)OC1. The highest BCUT2D eigenvalue weighted by Gasteiger charge is 2.23. The Hall–Kier alpha value is -0.830. The predicted octanol–water partition coefficient (Wildman–Crippen LogP) is 2.85. The number of methoxy groups -OCH3 is 1. The number of hydrogen-bond donors (Lipinski definition) is 0. The lowest BCUT2D eigenvalue weighted by Gasteiger charge is -2.03. The number of carbonyl (C=O) groups excluding carboxylic acids is 1. The van der Waals surface area contributed by atoms with Crippen molar-refractivity contribution in [2.24, 2.45) is 0 Å². The second-order valence-corrected chi connectivity index (χ2v) is 4.26. The highest BCUT2D eigenvalue weighted by Crippen LogP contribution is 2.21. The topological polar surface area (TPSA) is 35.5 Å². The average molecular weight is 226 g/mol. The van der Waals surface area contributed by atoms with E-state index >= 15 is 0 Å². The van der Waals surface area contributed by atoms with Crippen LogP contribution in [-0.2, 0) is 14.3 Å². The fourth-order valence-electron chi connectivity index (χ4n) is 1.94. The Morgan fingerprint density at radius 3 is 2.69 bits per heavy atom. The van der Waals surface area contributed by atoms with Crippen LogP contribution in [0.4, 0.5) is 0 Å². The van der Waals surface area contributed by atoms with Gasteiger partial charge in [-0.25, -0.2) is 4.79 Å². The van der Waals surface area contributed by atoms with Gasteiger partial charge in [-0.1, -0.05) is 32.6 Å². The van der Waals surface area contributed by atoms with Crippen molar-refractivity contribution >= 4 is 5.97 Å². The van der Waals surface area contributed by atoms with Gasteiger partial charge in [-0.3, -0.25) is 0 Å². The van der Waals surface area contributed by atoms with Crippen LogP contribution in [0.3, 0.4) is 0 Å². The molecule has 0 N–H and O–H groups in total. The molecule has 1 rings (SSSR count). The molecule has 92 valence electrons. The summed E-state index contributed by atoms with van der Waals surface area (Å²) in [5, 5.41) is 0. The maximum absolute atomic E-state index is 11.3. The van der Waals surface area contributed by atoms with Crippen LogP contribution in [0.5, 0.6) is 0 Å². The van der Waals surface area contributed by atoms with Gasteiger partial charge in [0, 0.05) is 7.11 Å². The first-order chi connectivity index (χ1) is 7.79. The zero-order chi connectivity index (χ0) is 11.8. The number of hydrogen-bond acceptors (Lipinski definition) is 3. The number of esters is 1. The van der Waals surface area contributed by atoms with Crippen LogP contribution in [-0.4, -0.2) is 26.3 Å². The van der Waals surface area contributed by atoms with Gasteiger partial charge in [0.2, 0.25) is 0 Å². The molecule has 0 saturated heterocycles. The van der Waals surface area contributed by atoms with Crippen LogP contribution in [0.25, 0.3) is 0 Å². The smallest absolute Gasteiger partial charge is 0.336 e. The summed E-state index contributed by atoms with van der Waals surface area (Å²) in [6.07, 6.45) is 7.23. The molecule has 1 heterocycles. The van der Waals surface area contributed by atoms with Gasteiger partial charge < -0.3 is 9.47 Å². The Labute approximate surface area is 97.8 Å². The third kappa shape index (κ3) is 3.97. The van der Waals surface area contributed by atoms with Crippen LogP contribution >= 0.6 is 0 Å². The molecule has 0 aliphatic carbocycles. The molecule has 3 nitrogen and oxygen atoms in total. The van der Waals surface area contributed by atoms with Gasteiger partial charge in [-0.2, -0.15) is 0 Å². The first-order valence-corrected chi connectivity index (χ1v) is 6.16. The third-order valence-electron chi connectivity index (χ3n) is 2.92. The minimum Gasteiger partial charge on any atom is -0.458 e. The monoisotopic (exact) mass is 226 g/mol. The molecule has 0 atom stereocenters. The Bertz CT molecular complexity index is 256. The van der Waals surface area contributed by atoms with Crippen LogP contribution < -0.4 is 0 Å². The van der Waals surface area contributed by atoms with Crippen molar-refractivity contribution in [3.8, 4) is 0 Å². The summed E-state index contributed by atoms with van der Waals surface area (Å²) in [5.74, 6) is -0.189. The van der Waals surface area contributed by atoms with E-state index in [1.54, 1.807) is 7.11 Å². The maximum atomic E-state index is 11.3. The highest BCUT2D eigenvalue weighted by atomic mass is 16.5. The van der Waals surface area contributed by atoms with Gasteiger partial charge in [0.1, 0.15) is 6.61 Å². The molecule has 0 bridgehead atoms. The Morgan fingerprint density at radius 2 is 2.00 bits per heavy atom. The van der Waals surface area contributed by atoms with Gasteiger partial charge in [0.05, 0.1) is 12.2 Å². The zero-order valence-corrected chi connectivity index (χ0v) is 10.4. The first-order valence-electron chi connectivity index (χ1n) is 6.16. The molecule has 16 heavy (non-hydrogen) atoms. The summed E-state index contributed by atoms with van der Waals surface area (Å²) in [5.41, 5.74) is 1.89. The fourth-order valence-corrected chi connectivity index (χ4v) is 1.94. The van der Waals surface area contributed by atoms with Gasteiger partial charge in [0.25, 0.3) is 0 Å². The zero-order valence-electron chi connectivity index (χ0n) is 10.4. The fraction of sp³-hybridized carbons (Fsp3) is 0.769. The Morgan fingerprint density at radius 1 is 1.25 bits per heavy atom. The molecule has 0 aromatic heterocycles. The van der Waals surface area contributed by atoms with E-state index in [1.165, 1.54) is 25.7 Å². The molecule has 0 aromatic rings. The number of rotatable bonds is 8. The minimum absolute atomic E-state index is 0.189. The summed E-state index contributed by atoms with van der Waals surface area (Å²) in [6, 6.07) is 0. The highest BCUT2D eigenvalue weighted by molar-refractivity contribution is 5.92. The largest absolute Gasteiger partial charge is 0.458 e. The molecular formula is C13H22O3. The van der Waals surface area contributed by atoms with Crippen molar-refractivity contribution in [1.29, 1.82) is 0 Å². The van der Waals surface area contributed by atoms with E-state index in [1.807, 2.05) is 0 Å². The molecule has 0 amide bonds. The van der Waals surface area contributed by atoms with E-state index in [9.17, 15) is 4.79 Å². The van der Waals surface area contributed by atoms with Crippen LogP contribution in [0, 0.1) is 0 Å². The van der Waals surface area contributed by atoms with Gasteiger partial charge in [0.15, 0.2) is 0 Å². The summed E-state index contributed by atoms with van der Waals surface area (Å²) in [4.78, 5) is 11.3. The third-order valence-corrected chi connectivity index (χ3v) is 2.92. The van der Waals surface area contributed by atoms with E-state index in [-0.39, 0.29) is 5.97 Å². The van der Waals surface area contributed by atoms with Crippen LogP contribution in [0.15, 0.2) is 11.1 Å². The molecule has 1 aliphatic heterocycles. The summed E-state index contributed by atoms with van der Waals surface area (Å²) >= 11 is 0. The van der Waals surface area contributed by atoms with E-state index in [2.05, 4.69) is 6.92 Å². The second kappa shape index (κ2) is 7.44. The minimum atomic E-state index is -0.189. The van der Waals surface area contributed by atoms with Crippen molar-refractivity contribution in [1.82, 2.24) is 0 Å². The quantitative estimate of drug-likeness (QED) is 0.471. The summed E-state index contributed by atoms with van der Waals surface area (Å²) in [6.45, 7) is 3.08. The van der Waals surface area contributed by atoms with Gasteiger partial charge in [-0.15, -0.1) is 0 Å². The van der Waals surface area contributed by atoms with Gasteiger partial charge in [-0.05, 0) is 18.4 Å². The van der Waals surface area contributed by atoms with E-state index in [4.69, 9.17) is 9.47 Å². The molecule has 0 aromatic carbocycles. The molecule has 0 saturated carbocycles. The van der Waals surface area contributed by atoms with Crippen molar-refractivity contribution in [3.63, 3.8) is 0 Å². The summed E-state index contributed by atoms with van der Waals surface area (Å²) in [7, 11) is 1.61. The number of cyclic esters (lactones) is 1. The number of carbonyl (C=O) groups is 1. The predicted molar refractivity (Wildman–Crippen MR) is 63.2 cm³/mol. The molecule has 0 spiro atoms. The maximum Gasteiger partial charge on any atom is 0.336 e. The van der Waals surface area contributed by atoms with Crippen molar-refractivity contribution < 1.29 is 14.3 Å². The molecule has 0 unspecified atom stereocenters. The lowest BCUT2D eigenvalue weighted by atomic mass is 10.0. The Kier molecular flexibility index (Phi) is 6.16.